The smallest absolute Gasteiger partial charge is 0.0406 e. The van der Waals surface area contributed by atoms with Gasteiger partial charge in [-0.2, -0.15) is 0 Å². The first-order valence-corrected chi connectivity index (χ1v) is 7.15. The van der Waals surface area contributed by atoms with Gasteiger partial charge in [0.05, 0.1) is 0 Å². The van der Waals surface area contributed by atoms with Gasteiger partial charge in [-0.3, -0.25) is 0 Å². The number of benzene rings is 1. The summed E-state index contributed by atoms with van der Waals surface area (Å²) in [6.45, 7) is 2.24. The molecule has 0 bridgehead atoms. The van der Waals surface area contributed by atoms with Gasteiger partial charge in [0, 0.05) is 17.1 Å². The highest BCUT2D eigenvalue weighted by Gasteiger charge is 2.15. The summed E-state index contributed by atoms with van der Waals surface area (Å²) in [6.07, 6.45) is 8.24. The van der Waals surface area contributed by atoms with Crippen molar-refractivity contribution in [3.05, 3.63) is 34.9 Å². The lowest BCUT2D eigenvalue weighted by Crippen LogP contribution is -2.30. The number of halogens is 1. The Morgan fingerprint density at radius 2 is 1.65 bits per heavy atom. The van der Waals surface area contributed by atoms with Crippen LogP contribution in [-0.4, -0.2) is 6.04 Å². The summed E-state index contributed by atoms with van der Waals surface area (Å²) >= 11 is 5.91. The maximum Gasteiger partial charge on any atom is 0.0406 e. The average molecular weight is 252 g/mol. The zero-order valence-corrected chi connectivity index (χ0v) is 11.3. The summed E-state index contributed by atoms with van der Waals surface area (Å²) in [4.78, 5) is 0. The molecule has 94 valence electrons. The summed E-state index contributed by atoms with van der Waals surface area (Å²) in [5, 5.41) is 4.57. The number of nitrogens with one attached hydrogen (secondary N) is 1. The normalized spacial score (nSPS) is 19.9. The highest BCUT2D eigenvalue weighted by molar-refractivity contribution is 6.30. The highest BCUT2D eigenvalue weighted by atomic mass is 35.5. The maximum absolute atomic E-state index is 5.91. The molecular formula is C15H22ClN. The second-order valence-corrected chi connectivity index (χ2v) is 5.56. The van der Waals surface area contributed by atoms with Crippen molar-refractivity contribution in [3.63, 3.8) is 0 Å². The molecule has 1 nitrogen and oxygen atoms in total. The summed E-state index contributed by atoms with van der Waals surface area (Å²) < 4.78 is 0. The van der Waals surface area contributed by atoms with Gasteiger partial charge in [-0.25, -0.2) is 0 Å². The van der Waals surface area contributed by atoms with Crippen molar-refractivity contribution in [1.29, 1.82) is 0 Å². The van der Waals surface area contributed by atoms with Crippen LogP contribution in [0.3, 0.4) is 0 Å². The van der Waals surface area contributed by atoms with Crippen LogP contribution in [0.4, 0.5) is 0 Å². The van der Waals surface area contributed by atoms with E-state index < -0.39 is 0 Å². The van der Waals surface area contributed by atoms with E-state index in [0.29, 0.717) is 12.1 Å². The molecule has 0 unspecified atom stereocenters. The fraction of sp³-hybridized carbons (Fsp3) is 0.600. The SMILES string of the molecule is C[C@@H](NC1CCCCCC1)c1ccc(Cl)cc1. The van der Waals surface area contributed by atoms with Crippen LogP contribution in [0.5, 0.6) is 0 Å². The molecule has 0 aromatic heterocycles. The molecule has 1 aliphatic rings. The average Bonchev–Trinajstić information content (AvgIpc) is 2.58. The molecule has 1 N–H and O–H groups in total. The molecule has 2 heteroatoms. The summed E-state index contributed by atoms with van der Waals surface area (Å²) in [6, 6.07) is 9.32. The third kappa shape index (κ3) is 4.01. The maximum atomic E-state index is 5.91. The van der Waals surface area contributed by atoms with Crippen molar-refractivity contribution >= 4 is 11.6 Å². The van der Waals surface area contributed by atoms with E-state index in [1.165, 1.54) is 44.1 Å². The predicted octanol–water partition coefficient (Wildman–Crippen LogP) is 4.71. The van der Waals surface area contributed by atoms with E-state index in [1.54, 1.807) is 0 Å². The van der Waals surface area contributed by atoms with Crippen LogP contribution in [0.25, 0.3) is 0 Å². The Bertz CT molecular complexity index is 325. The van der Waals surface area contributed by atoms with Gasteiger partial charge in [-0.05, 0) is 37.5 Å². The first-order chi connectivity index (χ1) is 8.25. The van der Waals surface area contributed by atoms with Crippen molar-refractivity contribution in [2.24, 2.45) is 0 Å². The van der Waals surface area contributed by atoms with E-state index in [0.717, 1.165) is 5.02 Å². The first kappa shape index (κ1) is 12.9. The molecule has 0 radical (unpaired) electrons. The van der Waals surface area contributed by atoms with Gasteiger partial charge in [0.25, 0.3) is 0 Å². The monoisotopic (exact) mass is 251 g/mol. The Balaban J connectivity index is 1.91. The molecule has 0 amide bonds. The van der Waals surface area contributed by atoms with Crippen molar-refractivity contribution < 1.29 is 0 Å². The van der Waals surface area contributed by atoms with Crippen LogP contribution in [0.15, 0.2) is 24.3 Å². The zero-order chi connectivity index (χ0) is 12.1. The van der Waals surface area contributed by atoms with E-state index >= 15 is 0 Å². The standard InChI is InChI=1S/C15H22ClN/c1-12(13-8-10-14(16)11-9-13)17-15-6-4-2-3-5-7-15/h8-12,15,17H,2-7H2,1H3/t12-/m1/s1. The van der Waals surface area contributed by atoms with Gasteiger partial charge in [-0.1, -0.05) is 49.4 Å². The molecule has 1 aliphatic carbocycles. The number of hydrogen-bond donors (Lipinski definition) is 1. The molecule has 1 saturated carbocycles. The van der Waals surface area contributed by atoms with Gasteiger partial charge in [-0.15, -0.1) is 0 Å². The minimum absolute atomic E-state index is 0.426. The van der Waals surface area contributed by atoms with E-state index in [4.69, 9.17) is 11.6 Å². The van der Waals surface area contributed by atoms with Gasteiger partial charge < -0.3 is 5.32 Å². The van der Waals surface area contributed by atoms with Crippen LogP contribution < -0.4 is 5.32 Å². The van der Waals surface area contributed by atoms with E-state index in [9.17, 15) is 0 Å². The molecular weight excluding hydrogens is 230 g/mol. The fourth-order valence-corrected chi connectivity index (χ4v) is 2.77. The molecule has 1 aromatic rings. The van der Waals surface area contributed by atoms with Crippen LogP contribution in [0, 0.1) is 0 Å². The molecule has 2 rings (SSSR count). The molecule has 0 heterocycles. The van der Waals surface area contributed by atoms with Crippen LogP contribution in [0.1, 0.15) is 57.1 Å². The largest absolute Gasteiger partial charge is 0.307 e. The molecule has 1 aromatic carbocycles. The van der Waals surface area contributed by atoms with Gasteiger partial charge in [0.2, 0.25) is 0 Å². The van der Waals surface area contributed by atoms with E-state index in [-0.39, 0.29) is 0 Å². The van der Waals surface area contributed by atoms with Gasteiger partial charge in [0.1, 0.15) is 0 Å². The zero-order valence-electron chi connectivity index (χ0n) is 10.6. The molecule has 1 fully saturated rings. The molecule has 17 heavy (non-hydrogen) atoms. The summed E-state index contributed by atoms with van der Waals surface area (Å²) in [5.74, 6) is 0. The second-order valence-electron chi connectivity index (χ2n) is 5.13. The molecule has 0 saturated heterocycles. The van der Waals surface area contributed by atoms with Crippen molar-refractivity contribution in [1.82, 2.24) is 5.32 Å². The lowest BCUT2D eigenvalue weighted by atomic mass is 10.0. The van der Waals surface area contributed by atoms with Crippen molar-refractivity contribution in [2.45, 2.75) is 57.5 Å². The minimum Gasteiger partial charge on any atom is -0.307 e. The fourth-order valence-electron chi connectivity index (χ4n) is 2.65. The van der Waals surface area contributed by atoms with E-state index in [1.807, 2.05) is 12.1 Å². The molecule has 0 aliphatic heterocycles. The Morgan fingerprint density at radius 1 is 1.06 bits per heavy atom. The Labute approximate surface area is 110 Å². The van der Waals surface area contributed by atoms with Crippen LogP contribution in [0.2, 0.25) is 5.02 Å². The van der Waals surface area contributed by atoms with Gasteiger partial charge >= 0.3 is 0 Å². The van der Waals surface area contributed by atoms with Crippen molar-refractivity contribution in [2.75, 3.05) is 0 Å². The minimum atomic E-state index is 0.426. The lowest BCUT2D eigenvalue weighted by molar-refractivity contribution is 0.414. The summed E-state index contributed by atoms with van der Waals surface area (Å²) in [5.41, 5.74) is 1.33. The first-order valence-electron chi connectivity index (χ1n) is 6.77. The highest BCUT2D eigenvalue weighted by Crippen LogP contribution is 2.21. The topological polar surface area (TPSA) is 12.0 Å². The third-order valence-corrected chi connectivity index (χ3v) is 3.96. The Kier molecular flexibility index (Phi) is 4.87. The molecule has 1 atom stereocenters. The third-order valence-electron chi connectivity index (χ3n) is 3.71. The van der Waals surface area contributed by atoms with E-state index in [2.05, 4.69) is 24.4 Å². The quantitative estimate of drug-likeness (QED) is 0.767. The van der Waals surface area contributed by atoms with Crippen LogP contribution >= 0.6 is 11.6 Å². The lowest BCUT2D eigenvalue weighted by Gasteiger charge is -2.22. The predicted molar refractivity (Wildman–Crippen MR) is 74.5 cm³/mol. The van der Waals surface area contributed by atoms with Crippen LogP contribution in [-0.2, 0) is 0 Å². The van der Waals surface area contributed by atoms with Crippen molar-refractivity contribution in [3.8, 4) is 0 Å². The number of hydrogen-bond acceptors (Lipinski definition) is 1. The molecule has 0 spiro atoms. The Hall–Kier alpha value is -0.530. The number of rotatable bonds is 3. The summed E-state index contributed by atoms with van der Waals surface area (Å²) in [7, 11) is 0. The second kappa shape index (κ2) is 6.42. The van der Waals surface area contributed by atoms with Gasteiger partial charge in [0.15, 0.2) is 0 Å². The Morgan fingerprint density at radius 3 is 2.24 bits per heavy atom.